The lowest BCUT2D eigenvalue weighted by Gasteiger charge is -2.18. The Morgan fingerprint density at radius 2 is 1.74 bits per heavy atom. The molecule has 1 amide bonds. The summed E-state index contributed by atoms with van der Waals surface area (Å²) in [7, 11) is 0. The van der Waals surface area contributed by atoms with Crippen LogP contribution < -0.4 is 5.32 Å². The van der Waals surface area contributed by atoms with Crippen LogP contribution >= 0.6 is 0 Å². The SMILES string of the molecule is Cc1ccc(C(O)C(O)CNC(=O)OCc2ccccc2)cc1. The molecule has 5 nitrogen and oxygen atoms in total. The van der Waals surface area contributed by atoms with Crippen LogP contribution in [0.4, 0.5) is 4.79 Å². The van der Waals surface area contributed by atoms with Gasteiger partial charge in [0.2, 0.25) is 0 Å². The molecular formula is C18H21NO4. The molecule has 0 saturated carbocycles. The molecule has 0 heterocycles. The van der Waals surface area contributed by atoms with Crippen LogP contribution in [0.5, 0.6) is 0 Å². The number of rotatable bonds is 6. The van der Waals surface area contributed by atoms with Gasteiger partial charge in [0.15, 0.2) is 0 Å². The standard InChI is InChI=1S/C18H21NO4/c1-13-7-9-15(10-8-13)17(21)16(20)11-19-18(22)23-12-14-5-3-2-4-6-14/h2-10,16-17,20-21H,11-12H2,1H3,(H,19,22). The summed E-state index contributed by atoms with van der Waals surface area (Å²) in [6.07, 6.45) is -2.81. The molecule has 2 atom stereocenters. The van der Waals surface area contributed by atoms with Gasteiger partial charge in [-0.25, -0.2) is 4.79 Å². The molecule has 0 aliphatic carbocycles. The molecule has 0 aliphatic heterocycles. The second kappa shape index (κ2) is 8.31. The Labute approximate surface area is 135 Å². The first-order valence-electron chi connectivity index (χ1n) is 7.43. The Hall–Kier alpha value is -2.37. The normalized spacial score (nSPS) is 13.2. The van der Waals surface area contributed by atoms with E-state index in [4.69, 9.17) is 4.74 Å². The largest absolute Gasteiger partial charge is 0.445 e. The third kappa shape index (κ3) is 5.39. The molecule has 0 bridgehead atoms. The van der Waals surface area contributed by atoms with Crippen LogP contribution in [0.15, 0.2) is 54.6 Å². The molecule has 122 valence electrons. The van der Waals surface area contributed by atoms with Crippen LogP contribution in [0.25, 0.3) is 0 Å². The number of carbonyl (C=O) groups is 1. The lowest BCUT2D eigenvalue weighted by atomic mass is 10.0. The molecule has 2 aromatic carbocycles. The highest BCUT2D eigenvalue weighted by molar-refractivity contribution is 5.67. The summed E-state index contributed by atoms with van der Waals surface area (Å²) < 4.78 is 5.04. The fraction of sp³-hybridized carbons (Fsp3) is 0.278. The van der Waals surface area contributed by atoms with E-state index in [0.29, 0.717) is 5.56 Å². The molecule has 3 N–H and O–H groups in total. The Morgan fingerprint density at radius 1 is 1.09 bits per heavy atom. The Morgan fingerprint density at radius 3 is 2.39 bits per heavy atom. The van der Waals surface area contributed by atoms with Gasteiger partial charge < -0.3 is 20.3 Å². The summed E-state index contributed by atoms with van der Waals surface area (Å²) in [6.45, 7) is 2.00. The first-order chi connectivity index (χ1) is 11.1. The fourth-order valence-corrected chi connectivity index (χ4v) is 2.06. The van der Waals surface area contributed by atoms with Gasteiger partial charge in [-0.3, -0.25) is 0 Å². The third-order valence-corrected chi connectivity index (χ3v) is 3.45. The van der Waals surface area contributed by atoms with Crippen LogP contribution in [0.1, 0.15) is 22.8 Å². The molecule has 0 radical (unpaired) electrons. The van der Waals surface area contributed by atoms with Gasteiger partial charge in [0.05, 0.1) is 0 Å². The maximum absolute atomic E-state index is 11.6. The minimum Gasteiger partial charge on any atom is -0.445 e. The maximum atomic E-state index is 11.6. The van der Waals surface area contributed by atoms with Gasteiger partial charge in [-0.15, -0.1) is 0 Å². The Kier molecular flexibility index (Phi) is 6.14. The van der Waals surface area contributed by atoms with E-state index in [2.05, 4.69) is 5.32 Å². The molecule has 23 heavy (non-hydrogen) atoms. The maximum Gasteiger partial charge on any atom is 0.407 e. The predicted octanol–water partition coefficient (Wildman–Crippen LogP) is 2.32. The number of carbonyl (C=O) groups excluding carboxylic acids is 1. The topological polar surface area (TPSA) is 78.8 Å². The van der Waals surface area contributed by atoms with Crippen molar-refractivity contribution in [1.82, 2.24) is 5.32 Å². The minimum atomic E-state index is -1.11. The zero-order valence-electron chi connectivity index (χ0n) is 13.0. The van der Waals surface area contributed by atoms with Gasteiger partial charge in [0.1, 0.15) is 18.8 Å². The zero-order chi connectivity index (χ0) is 16.7. The van der Waals surface area contributed by atoms with Crippen molar-refractivity contribution >= 4 is 6.09 Å². The van der Waals surface area contributed by atoms with Crippen LogP contribution in [-0.2, 0) is 11.3 Å². The first-order valence-corrected chi connectivity index (χ1v) is 7.43. The summed E-state index contributed by atoms with van der Waals surface area (Å²) in [5.41, 5.74) is 2.54. The van der Waals surface area contributed by atoms with Gasteiger partial charge in [-0.2, -0.15) is 0 Å². The lowest BCUT2D eigenvalue weighted by molar-refractivity contribution is 0.0184. The van der Waals surface area contributed by atoms with Crippen molar-refractivity contribution in [2.75, 3.05) is 6.54 Å². The van der Waals surface area contributed by atoms with E-state index in [9.17, 15) is 15.0 Å². The van der Waals surface area contributed by atoms with E-state index in [1.165, 1.54) is 0 Å². The van der Waals surface area contributed by atoms with Crippen molar-refractivity contribution < 1.29 is 19.7 Å². The van der Waals surface area contributed by atoms with Crippen molar-refractivity contribution in [3.63, 3.8) is 0 Å². The molecular weight excluding hydrogens is 294 g/mol. The van der Waals surface area contributed by atoms with Crippen molar-refractivity contribution in [3.8, 4) is 0 Å². The quantitative estimate of drug-likeness (QED) is 0.764. The summed E-state index contributed by atoms with van der Waals surface area (Å²) in [4.78, 5) is 11.6. The average molecular weight is 315 g/mol. The third-order valence-electron chi connectivity index (χ3n) is 3.45. The highest BCUT2D eigenvalue weighted by Gasteiger charge is 2.19. The number of ether oxygens (including phenoxy) is 1. The zero-order valence-corrected chi connectivity index (χ0v) is 13.0. The number of aliphatic hydroxyl groups is 2. The van der Waals surface area contributed by atoms with Crippen LogP contribution in [0, 0.1) is 6.92 Å². The van der Waals surface area contributed by atoms with E-state index in [0.717, 1.165) is 11.1 Å². The number of benzene rings is 2. The van der Waals surface area contributed by atoms with Crippen molar-refractivity contribution in [2.24, 2.45) is 0 Å². The fourth-order valence-electron chi connectivity index (χ4n) is 2.06. The van der Waals surface area contributed by atoms with Crippen molar-refractivity contribution in [3.05, 3.63) is 71.3 Å². The summed E-state index contributed by atoms with van der Waals surface area (Å²) in [6, 6.07) is 16.5. The number of alkyl carbamates (subject to hydrolysis) is 1. The van der Waals surface area contributed by atoms with E-state index < -0.39 is 18.3 Å². The number of amides is 1. The number of nitrogens with one attached hydrogen (secondary N) is 1. The monoisotopic (exact) mass is 315 g/mol. The molecule has 2 rings (SSSR count). The van der Waals surface area contributed by atoms with Gasteiger partial charge in [-0.1, -0.05) is 60.2 Å². The predicted molar refractivity (Wildman–Crippen MR) is 86.8 cm³/mol. The Bertz CT molecular complexity index is 613. The van der Waals surface area contributed by atoms with Gasteiger partial charge in [-0.05, 0) is 18.1 Å². The molecule has 2 unspecified atom stereocenters. The molecule has 0 saturated heterocycles. The highest BCUT2D eigenvalue weighted by atomic mass is 16.5. The summed E-state index contributed by atoms with van der Waals surface area (Å²) >= 11 is 0. The number of aryl methyl sites for hydroxylation is 1. The van der Waals surface area contributed by atoms with Gasteiger partial charge in [0, 0.05) is 6.54 Å². The van der Waals surface area contributed by atoms with Crippen molar-refractivity contribution in [1.29, 1.82) is 0 Å². The summed E-state index contributed by atoms with van der Waals surface area (Å²) in [5.74, 6) is 0. The highest BCUT2D eigenvalue weighted by Crippen LogP contribution is 2.17. The lowest BCUT2D eigenvalue weighted by Crippen LogP contribution is -2.35. The van der Waals surface area contributed by atoms with Crippen molar-refractivity contribution in [2.45, 2.75) is 25.7 Å². The number of hydrogen-bond acceptors (Lipinski definition) is 4. The second-order valence-corrected chi connectivity index (χ2v) is 5.37. The van der Waals surface area contributed by atoms with E-state index in [1.807, 2.05) is 49.4 Å². The van der Waals surface area contributed by atoms with Gasteiger partial charge in [0.25, 0.3) is 0 Å². The Balaban J connectivity index is 1.75. The molecule has 2 aromatic rings. The molecule has 0 spiro atoms. The molecule has 5 heteroatoms. The summed E-state index contributed by atoms with van der Waals surface area (Å²) in [5, 5.41) is 22.5. The molecule has 0 aliphatic rings. The molecule has 0 aromatic heterocycles. The number of aliphatic hydroxyl groups excluding tert-OH is 2. The minimum absolute atomic E-state index is 0.0946. The second-order valence-electron chi connectivity index (χ2n) is 5.37. The van der Waals surface area contributed by atoms with E-state index >= 15 is 0 Å². The van der Waals surface area contributed by atoms with Crippen LogP contribution in [-0.4, -0.2) is 29.0 Å². The smallest absolute Gasteiger partial charge is 0.407 e. The van der Waals surface area contributed by atoms with Gasteiger partial charge >= 0.3 is 6.09 Å². The molecule has 0 fully saturated rings. The first kappa shape index (κ1) is 17.0. The van der Waals surface area contributed by atoms with E-state index in [-0.39, 0.29) is 13.2 Å². The van der Waals surface area contributed by atoms with E-state index in [1.54, 1.807) is 12.1 Å². The average Bonchev–Trinajstić information content (AvgIpc) is 2.58. The van der Waals surface area contributed by atoms with Crippen LogP contribution in [0.2, 0.25) is 0 Å². The van der Waals surface area contributed by atoms with Crippen LogP contribution in [0.3, 0.4) is 0 Å². The number of hydrogen-bond donors (Lipinski definition) is 3.